The number of nitrogens with one attached hydrogen (secondary N) is 2. The monoisotopic (exact) mass is 171 g/mol. The highest BCUT2D eigenvalue weighted by Crippen LogP contribution is 2.18. The Morgan fingerprint density at radius 2 is 2.36 bits per heavy atom. The molecule has 0 aliphatic rings. The molecular weight excluding hydrogens is 167 g/mol. The molecule has 2 heterocycles. The van der Waals surface area contributed by atoms with Crippen LogP contribution in [0.4, 0.5) is 4.39 Å². The van der Waals surface area contributed by atoms with E-state index < -0.39 is 0 Å². The van der Waals surface area contributed by atoms with Gasteiger partial charge in [0.2, 0.25) is 0 Å². The number of aromatic nitrogens is 2. The highest BCUT2D eigenvalue weighted by molar-refractivity contribution is 6.31. The van der Waals surface area contributed by atoms with Crippen LogP contribution in [0.15, 0.2) is 18.5 Å². The van der Waals surface area contributed by atoms with Crippen molar-refractivity contribution in [3.8, 4) is 0 Å². The van der Waals surface area contributed by atoms with E-state index in [1.807, 2.05) is 0 Å². The van der Waals surface area contributed by atoms with Crippen molar-refractivity contribution in [2.45, 2.75) is 0 Å². The van der Waals surface area contributed by atoms with Crippen LogP contribution in [0.25, 0.3) is 11.0 Å². The molecule has 0 spiro atoms. The predicted octanol–water partition coefficient (Wildman–Crippen LogP) is 1.77. The molecule has 2 aromatic rings. The molecule has 0 radical (unpaired) electrons. The number of fused-ring (bicyclic) bond motifs is 1. The van der Waals surface area contributed by atoms with Crippen molar-refractivity contribution in [2.75, 3.05) is 0 Å². The largest absolute Gasteiger partial charge is 0.287 e. The molecule has 11 heavy (non-hydrogen) atoms. The molecule has 56 valence electrons. The lowest BCUT2D eigenvalue weighted by atomic mass is 10.3. The molecule has 2 aromatic heterocycles. The molecule has 0 fully saturated rings. The molecule has 0 unspecified atom stereocenters. The Hall–Kier alpha value is -1.09. The summed E-state index contributed by atoms with van der Waals surface area (Å²) in [6.07, 6.45) is 3.07. The Bertz CT molecular complexity index is 396. The molecule has 0 aliphatic heterocycles. The first kappa shape index (κ1) is 6.61. The summed E-state index contributed by atoms with van der Waals surface area (Å²) in [5.74, 6) is -0.387. The van der Waals surface area contributed by atoms with E-state index in [4.69, 9.17) is 11.6 Å². The first-order valence-corrected chi connectivity index (χ1v) is 3.49. The molecule has 0 aromatic carbocycles. The maximum atomic E-state index is 13.1. The molecule has 0 amide bonds. The third kappa shape index (κ3) is 0.886. The molecule has 0 atom stereocenters. The number of H-pyrrole nitrogens is 2. The van der Waals surface area contributed by atoms with E-state index in [1.54, 1.807) is 12.3 Å². The van der Waals surface area contributed by atoms with Crippen molar-refractivity contribution < 1.29 is 9.37 Å². The number of rotatable bonds is 0. The fraction of sp³-hybridized carbons (Fsp3) is 0. The number of aromatic amines is 2. The fourth-order valence-corrected chi connectivity index (χ4v) is 1.16. The smallest absolute Gasteiger partial charge is 0.247 e. The minimum atomic E-state index is -0.387. The lowest BCUT2D eigenvalue weighted by Crippen LogP contribution is -2.03. The van der Waals surface area contributed by atoms with E-state index in [9.17, 15) is 4.39 Å². The average molecular weight is 172 g/mol. The van der Waals surface area contributed by atoms with Crippen LogP contribution >= 0.6 is 11.6 Å². The zero-order chi connectivity index (χ0) is 7.84. The summed E-state index contributed by atoms with van der Waals surface area (Å²) in [7, 11) is 0. The van der Waals surface area contributed by atoms with Gasteiger partial charge in [0.1, 0.15) is 16.6 Å². The van der Waals surface area contributed by atoms with Crippen LogP contribution in [-0.2, 0) is 0 Å². The Balaban J connectivity index is 2.93. The summed E-state index contributed by atoms with van der Waals surface area (Å²) in [6.45, 7) is 0. The van der Waals surface area contributed by atoms with E-state index in [1.165, 1.54) is 6.20 Å². The van der Waals surface area contributed by atoms with Crippen LogP contribution in [0, 0.1) is 5.82 Å². The average Bonchev–Trinajstić information content (AvgIpc) is 2.45. The van der Waals surface area contributed by atoms with Crippen molar-refractivity contribution in [2.24, 2.45) is 0 Å². The highest BCUT2D eigenvalue weighted by Gasteiger charge is 2.10. The number of hydrogen-bond donors (Lipinski definition) is 1. The van der Waals surface area contributed by atoms with E-state index in [-0.39, 0.29) is 10.8 Å². The molecule has 4 heteroatoms. The van der Waals surface area contributed by atoms with Crippen molar-refractivity contribution in [3.63, 3.8) is 0 Å². The topological polar surface area (TPSA) is 29.9 Å². The highest BCUT2D eigenvalue weighted by atomic mass is 35.5. The summed E-state index contributed by atoms with van der Waals surface area (Å²) in [5.41, 5.74) is 0.645. The van der Waals surface area contributed by atoms with Crippen molar-refractivity contribution in [1.29, 1.82) is 0 Å². The maximum absolute atomic E-state index is 13.1. The van der Waals surface area contributed by atoms with E-state index in [0.717, 1.165) is 0 Å². The summed E-state index contributed by atoms with van der Waals surface area (Å²) < 4.78 is 13.1. The second kappa shape index (κ2) is 2.20. The number of halogens is 2. The second-order valence-corrected chi connectivity index (χ2v) is 2.62. The minimum absolute atomic E-state index is 0.108. The second-order valence-electron chi connectivity index (χ2n) is 2.22. The fourth-order valence-electron chi connectivity index (χ4n) is 0.999. The molecule has 0 saturated carbocycles. The lowest BCUT2D eigenvalue weighted by Gasteiger charge is -1.89. The Kier molecular flexibility index (Phi) is 1.32. The minimum Gasteiger partial charge on any atom is -0.247 e. The molecule has 2 rings (SSSR count). The maximum Gasteiger partial charge on any atom is 0.287 e. The van der Waals surface area contributed by atoms with Gasteiger partial charge in [-0.3, -0.25) is 0 Å². The zero-order valence-corrected chi connectivity index (χ0v) is 6.24. The van der Waals surface area contributed by atoms with Crippen molar-refractivity contribution in [3.05, 3.63) is 29.3 Å². The van der Waals surface area contributed by atoms with Gasteiger partial charge < -0.3 is 0 Å². The van der Waals surface area contributed by atoms with Gasteiger partial charge in [-0.2, -0.15) is 0 Å². The van der Waals surface area contributed by atoms with Crippen LogP contribution in [0.3, 0.4) is 0 Å². The lowest BCUT2D eigenvalue weighted by molar-refractivity contribution is -0.347. The summed E-state index contributed by atoms with van der Waals surface area (Å²) in [4.78, 5) is 5.65. The summed E-state index contributed by atoms with van der Waals surface area (Å²) in [6, 6.07) is 1.63. The number of pyridine rings is 1. The normalized spacial score (nSPS) is 10.7. The molecule has 2 nitrogen and oxygen atoms in total. The molecule has 2 N–H and O–H groups in total. The third-order valence-electron chi connectivity index (χ3n) is 1.54. The zero-order valence-electron chi connectivity index (χ0n) is 5.49. The summed E-state index contributed by atoms with van der Waals surface area (Å²) >= 11 is 5.52. The molecule has 0 saturated heterocycles. The Labute approximate surface area is 67.0 Å². The SMILES string of the molecule is Fc1c(Cl)c[nH+]c2[nH]ccc12. The van der Waals surface area contributed by atoms with E-state index >= 15 is 0 Å². The third-order valence-corrected chi connectivity index (χ3v) is 1.81. The molecule has 0 bridgehead atoms. The molecular formula is C7H5ClFN2+. The van der Waals surface area contributed by atoms with Crippen LogP contribution in [0.5, 0.6) is 0 Å². The van der Waals surface area contributed by atoms with Gasteiger partial charge in [-0.25, -0.2) is 14.4 Å². The van der Waals surface area contributed by atoms with Gasteiger partial charge in [0.05, 0.1) is 6.20 Å². The van der Waals surface area contributed by atoms with Gasteiger partial charge in [0.25, 0.3) is 5.65 Å². The van der Waals surface area contributed by atoms with Gasteiger partial charge in [0, 0.05) is 0 Å². The Morgan fingerprint density at radius 1 is 1.55 bits per heavy atom. The quantitative estimate of drug-likeness (QED) is 0.626. The Morgan fingerprint density at radius 3 is 3.18 bits per heavy atom. The first-order chi connectivity index (χ1) is 5.29. The van der Waals surface area contributed by atoms with Gasteiger partial charge in [-0.1, -0.05) is 11.6 Å². The summed E-state index contributed by atoms with van der Waals surface area (Å²) in [5, 5.41) is 0.592. The van der Waals surface area contributed by atoms with Crippen molar-refractivity contribution in [1.82, 2.24) is 4.98 Å². The first-order valence-electron chi connectivity index (χ1n) is 3.12. The van der Waals surface area contributed by atoms with Crippen LogP contribution in [0.2, 0.25) is 5.02 Å². The standard InChI is InChI=1S/C7H4ClFN2/c8-5-3-11-7-4(6(5)9)1-2-10-7/h1-3H,(H,10,11)/p+1. The van der Waals surface area contributed by atoms with E-state index in [0.29, 0.717) is 11.0 Å². The van der Waals surface area contributed by atoms with Crippen molar-refractivity contribution >= 4 is 22.6 Å². The van der Waals surface area contributed by atoms with Crippen LogP contribution in [0.1, 0.15) is 0 Å². The predicted molar refractivity (Wildman–Crippen MR) is 39.8 cm³/mol. The van der Waals surface area contributed by atoms with Gasteiger partial charge in [0.15, 0.2) is 5.82 Å². The van der Waals surface area contributed by atoms with Crippen LogP contribution in [-0.4, -0.2) is 4.98 Å². The van der Waals surface area contributed by atoms with Gasteiger partial charge in [-0.05, 0) is 6.07 Å². The molecule has 0 aliphatic carbocycles. The van der Waals surface area contributed by atoms with Gasteiger partial charge in [-0.15, -0.1) is 0 Å². The van der Waals surface area contributed by atoms with Gasteiger partial charge >= 0.3 is 0 Å². The number of hydrogen-bond acceptors (Lipinski definition) is 0. The van der Waals surface area contributed by atoms with E-state index in [2.05, 4.69) is 9.97 Å². The van der Waals surface area contributed by atoms with Crippen LogP contribution < -0.4 is 4.98 Å².